The highest BCUT2D eigenvalue weighted by Crippen LogP contribution is 2.58. The van der Waals surface area contributed by atoms with E-state index in [1.54, 1.807) is 0 Å². The van der Waals surface area contributed by atoms with Gasteiger partial charge in [0, 0.05) is 27.4 Å². The molecular weight excluding hydrogens is 593 g/mol. The van der Waals surface area contributed by atoms with Gasteiger partial charge in [0.05, 0.1) is 5.69 Å². The molecule has 2 aromatic carbocycles. The second-order valence-corrected chi connectivity index (χ2v) is 10.1. The average Bonchev–Trinajstić information content (AvgIpc) is 3.22. The van der Waals surface area contributed by atoms with Crippen LogP contribution in [-0.2, 0) is 12.1 Å². The van der Waals surface area contributed by atoms with E-state index in [0.29, 0.717) is 10.4 Å². The Morgan fingerprint density at radius 1 is 1.00 bits per heavy atom. The molecule has 1 heterocycles. The zero-order chi connectivity index (χ0) is 28.7. The zero-order valence-electron chi connectivity index (χ0n) is 19.1. The summed E-state index contributed by atoms with van der Waals surface area (Å²) in [5.41, 5.74) is -8.33. The van der Waals surface area contributed by atoms with Gasteiger partial charge in [-0.15, -0.1) is 0 Å². The summed E-state index contributed by atoms with van der Waals surface area (Å²) in [6, 6.07) is 6.11. The van der Waals surface area contributed by atoms with E-state index in [4.69, 9.17) is 11.6 Å². The highest BCUT2D eigenvalue weighted by molar-refractivity contribution is 7.66. The van der Waals surface area contributed by atoms with Gasteiger partial charge in [0.25, 0.3) is 5.91 Å². The summed E-state index contributed by atoms with van der Waals surface area (Å²) in [5, 5.41) is 2.59. The van der Waals surface area contributed by atoms with Crippen LogP contribution in [0, 0.1) is 6.92 Å². The van der Waals surface area contributed by atoms with Crippen molar-refractivity contribution in [3.8, 4) is 0 Å². The fourth-order valence-corrected chi connectivity index (χ4v) is 5.44. The van der Waals surface area contributed by atoms with Crippen molar-refractivity contribution in [3.63, 3.8) is 0 Å². The van der Waals surface area contributed by atoms with Crippen molar-refractivity contribution in [1.82, 2.24) is 4.37 Å². The molecular formula is C22H15ClF9N3OS2. The molecule has 206 valence electrons. The van der Waals surface area contributed by atoms with Crippen molar-refractivity contribution in [2.24, 2.45) is 4.99 Å². The van der Waals surface area contributed by atoms with Gasteiger partial charge in [0.15, 0.2) is 9.82 Å². The molecule has 0 saturated carbocycles. The molecule has 4 nitrogen and oxygen atoms in total. The van der Waals surface area contributed by atoms with Gasteiger partial charge in [-0.25, -0.2) is 9.38 Å². The molecule has 1 aromatic heterocycles. The van der Waals surface area contributed by atoms with E-state index < -0.39 is 35.4 Å². The summed E-state index contributed by atoms with van der Waals surface area (Å²) in [5.74, 6) is -7.57. The summed E-state index contributed by atoms with van der Waals surface area (Å²) >= 11 is 5.89. The van der Waals surface area contributed by atoms with E-state index in [9.17, 15) is 44.3 Å². The molecule has 0 aliphatic heterocycles. The summed E-state index contributed by atoms with van der Waals surface area (Å²) in [4.78, 5) is 17.0. The van der Waals surface area contributed by atoms with Gasteiger partial charge < -0.3 is 5.32 Å². The number of amides is 1. The lowest BCUT2D eigenvalue weighted by Gasteiger charge is -2.36. The van der Waals surface area contributed by atoms with Crippen molar-refractivity contribution >= 4 is 49.8 Å². The highest BCUT2D eigenvalue weighted by atomic mass is 35.5. The molecule has 0 radical (unpaired) electrons. The van der Waals surface area contributed by atoms with Crippen LogP contribution in [0.3, 0.4) is 0 Å². The molecule has 0 fully saturated rings. The number of carbonyl (C=O) groups is 1. The van der Waals surface area contributed by atoms with E-state index in [2.05, 4.69) is 14.7 Å². The van der Waals surface area contributed by atoms with Crippen molar-refractivity contribution in [2.75, 3.05) is 5.32 Å². The first-order valence-corrected chi connectivity index (χ1v) is 12.8. The molecule has 0 saturated heterocycles. The normalized spacial score (nSPS) is 14.9. The number of benzene rings is 2. The molecule has 1 amide bonds. The Balaban J connectivity index is 1.99. The van der Waals surface area contributed by atoms with Gasteiger partial charge >= 0.3 is 23.9 Å². The minimum atomic E-state index is -6.84. The first-order chi connectivity index (χ1) is 17.4. The van der Waals surface area contributed by atoms with Crippen molar-refractivity contribution in [2.45, 2.75) is 44.2 Å². The van der Waals surface area contributed by atoms with Crippen LogP contribution >= 0.6 is 32.5 Å². The Labute approximate surface area is 221 Å². The summed E-state index contributed by atoms with van der Waals surface area (Å²) in [6.45, 7) is 2.38. The highest BCUT2D eigenvalue weighted by Gasteiger charge is 2.81. The second kappa shape index (κ2) is 10.5. The minimum Gasteiger partial charge on any atom is -0.321 e. The van der Waals surface area contributed by atoms with Gasteiger partial charge in [-0.3, -0.25) is 4.79 Å². The Morgan fingerprint density at radius 2 is 1.61 bits per heavy atom. The smallest absolute Gasteiger partial charge is 0.321 e. The fraction of sp³-hybridized carbons (Fsp3) is 0.318. The Kier molecular flexibility index (Phi) is 8.25. The summed E-state index contributed by atoms with van der Waals surface area (Å²) in [7, 11) is 2.34. The van der Waals surface area contributed by atoms with Gasteiger partial charge in [-0.2, -0.15) is 39.5 Å². The number of nitrogens with zero attached hydrogens (tertiary/aromatic N) is 2. The minimum absolute atomic E-state index is 0.0615. The van der Waals surface area contributed by atoms with E-state index in [0.717, 1.165) is 17.5 Å². The van der Waals surface area contributed by atoms with Crippen LogP contribution in [0.15, 0.2) is 41.4 Å². The van der Waals surface area contributed by atoms with Crippen LogP contribution in [0.1, 0.15) is 34.0 Å². The molecule has 38 heavy (non-hydrogen) atoms. The van der Waals surface area contributed by atoms with Crippen LogP contribution in [0.25, 0.3) is 0 Å². The number of hydrogen-bond acceptors (Lipinski definition) is 5. The zero-order valence-corrected chi connectivity index (χ0v) is 21.5. The lowest BCUT2D eigenvalue weighted by molar-refractivity contribution is -0.389. The van der Waals surface area contributed by atoms with E-state index in [-0.39, 0.29) is 46.1 Å². The molecule has 1 N–H and O–H groups in total. The molecule has 0 aliphatic rings. The number of hydrogen-bond donors (Lipinski definition) is 1. The Hall–Kier alpha value is -2.65. The number of aromatic nitrogens is 1. The van der Waals surface area contributed by atoms with E-state index in [1.165, 1.54) is 41.5 Å². The predicted molar refractivity (Wildman–Crippen MR) is 125 cm³/mol. The number of halogens is 10. The van der Waals surface area contributed by atoms with Crippen LogP contribution in [0.2, 0.25) is 5.15 Å². The SMILES string of the molecule is CCc1cc(C(F)(C(F)(F)F)C(F)(F)C(F)(F)F)cc(C)c1NC(=O)c1ccc(/N=c2/ssnc2Cl)cc1. The summed E-state index contributed by atoms with van der Waals surface area (Å²) < 4.78 is 126. The topological polar surface area (TPSA) is 54.4 Å². The van der Waals surface area contributed by atoms with E-state index in [1.807, 2.05) is 0 Å². The van der Waals surface area contributed by atoms with Crippen LogP contribution < -0.4 is 9.99 Å². The van der Waals surface area contributed by atoms with Gasteiger partial charge in [0.1, 0.15) is 0 Å². The first-order valence-electron chi connectivity index (χ1n) is 10.4. The maximum absolute atomic E-state index is 15.0. The molecule has 0 bridgehead atoms. The Bertz CT molecular complexity index is 1400. The third-order valence-electron chi connectivity index (χ3n) is 5.38. The quantitative estimate of drug-likeness (QED) is 0.227. The molecule has 1 atom stereocenters. The standard InChI is InChI=1S/C22H15ClF9N3OS2/c1-3-11-9-13(19(24,21(27,28)29)20(25,26)22(30,31)32)8-10(2)15(11)34-17(36)12-4-6-14(7-5-12)33-18-16(23)35-38-37-18/h4-9H,3H2,1-2H3,(H,34,36)/b33-18+. The molecule has 0 aliphatic carbocycles. The molecule has 16 heteroatoms. The number of nitrogens with one attached hydrogen (secondary N) is 1. The van der Waals surface area contributed by atoms with Crippen molar-refractivity contribution < 1.29 is 44.3 Å². The lowest BCUT2D eigenvalue weighted by atomic mass is 9.85. The number of carbonyl (C=O) groups excluding carboxylic acids is 1. The lowest BCUT2D eigenvalue weighted by Crippen LogP contribution is -2.59. The molecule has 3 aromatic rings. The number of aryl methyl sites for hydroxylation is 2. The fourth-order valence-electron chi connectivity index (χ4n) is 3.45. The van der Waals surface area contributed by atoms with Gasteiger partial charge in [-0.05, 0) is 65.1 Å². The maximum Gasteiger partial charge on any atom is 0.457 e. The second-order valence-electron chi connectivity index (χ2n) is 7.87. The number of anilines is 1. The average molecular weight is 608 g/mol. The Morgan fingerprint density at radius 3 is 2.08 bits per heavy atom. The predicted octanol–water partition coefficient (Wildman–Crippen LogP) is 8.14. The third kappa shape index (κ3) is 5.41. The van der Waals surface area contributed by atoms with Crippen molar-refractivity contribution in [1.29, 1.82) is 0 Å². The molecule has 3 rings (SSSR count). The first kappa shape index (κ1) is 29.9. The maximum atomic E-state index is 15.0. The van der Waals surface area contributed by atoms with Crippen LogP contribution in [-0.4, -0.2) is 28.6 Å². The van der Waals surface area contributed by atoms with Crippen molar-refractivity contribution in [3.05, 3.63) is 68.5 Å². The molecule has 0 spiro atoms. The number of alkyl halides is 9. The van der Waals surface area contributed by atoms with Crippen LogP contribution in [0.4, 0.5) is 50.9 Å². The third-order valence-corrected chi connectivity index (χ3v) is 7.55. The van der Waals surface area contributed by atoms with E-state index >= 15 is 0 Å². The largest absolute Gasteiger partial charge is 0.457 e. The van der Waals surface area contributed by atoms with Gasteiger partial charge in [0.2, 0.25) is 0 Å². The summed E-state index contributed by atoms with van der Waals surface area (Å²) in [6.07, 6.45) is -13.7. The molecule has 1 unspecified atom stereocenters. The monoisotopic (exact) mass is 607 g/mol. The van der Waals surface area contributed by atoms with Crippen LogP contribution in [0.5, 0.6) is 0 Å². The number of rotatable bonds is 6. The van der Waals surface area contributed by atoms with Gasteiger partial charge in [-0.1, -0.05) is 24.6 Å².